The van der Waals surface area contributed by atoms with Gasteiger partial charge in [0.05, 0.1) is 4.90 Å². The van der Waals surface area contributed by atoms with Crippen molar-refractivity contribution in [2.45, 2.75) is 37.6 Å². The van der Waals surface area contributed by atoms with Gasteiger partial charge in [-0.2, -0.15) is 4.31 Å². The van der Waals surface area contributed by atoms with Crippen LogP contribution >= 0.6 is 0 Å². The van der Waals surface area contributed by atoms with Crippen LogP contribution in [0.4, 0.5) is 0 Å². The van der Waals surface area contributed by atoms with Crippen LogP contribution < -0.4 is 5.73 Å². The molecular weight excluding hydrogens is 260 g/mol. The lowest BCUT2D eigenvalue weighted by atomic mass is 9.92. The standard InChI is InChI=1S/C14H22N2O2S/c1-11-3-5-14(6-4-11)19(17,18)16-9-7-13(8-10-16)12(2)15/h3-6,12-13H,7-10,15H2,1-2H3. The first-order valence-electron chi connectivity index (χ1n) is 6.73. The number of aryl methyl sites for hydroxylation is 1. The van der Waals surface area contributed by atoms with Gasteiger partial charge in [-0.3, -0.25) is 0 Å². The van der Waals surface area contributed by atoms with Gasteiger partial charge in [0, 0.05) is 19.1 Å². The van der Waals surface area contributed by atoms with Crippen molar-refractivity contribution in [3.05, 3.63) is 29.8 Å². The van der Waals surface area contributed by atoms with E-state index in [2.05, 4.69) is 0 Å². The third-order valence-corrected chi connectivity index (χ3v) is 5.81. The summed E-state index contributed by atoms with van der Waals surface area (Å²) < 4.78 is 26.5. The number of hydrogen-bond acceptors (Lipinski definition) is 3. The number of nitrogens with two attached hydrogens (primary N) is 1. The summed E-state index contributed by atoms with van der Waals surface area (Å²) in [5.74, 6) is 0.435. The quantitative estimate of drug-likeness (QED) is 0.918. The highest BCUT2D eigenvalue weighted by atomic mass is 32.2. The fourth-order valence-corrected chi connectivity index (χ4v) is 3.97. The Bertz CT molecular complexity index is 515. The monoisotopic (exact) mass is 282 g/mol. The molecule has 5 heteroatoms. The van der Waals surface area contributed by atoms with Crippen molar-refractivity contribution in [3.8, 4) is 0 Å². The number of sulfonamides is 1. The predicted octanol–water partition coefficient (Wildman–Crippen LogP) is 1.74. The van der Waals surface area contributed by atoms with Crippen molar-refractivity contribution < 1.29 is 8.42 Å². The SMILES string of the molecule is Cc1ccc(S(=O)(=O)N2CCC(C(C)N)CC2)cc1. The van der Waals surface area contributed by atoms with E-state index in [4.69, 9.17) is 5.73 Å². The van der Waals surface area contributed by atoms with E-state index < -0.39 is 10.0 Å². The average molecular weight is 282 g/mol. The molecule has 2 rings (SSSR count). The molecule has 19 heavy (non-hydrogen) atoms. The van der Waals surface area contributed by atoms with Gasteiger partial charge in [-0.05, 0) is 44.7 Å². The van der Waals surface area contributed by atoms with Gasteiger partial charge in [0.2, 0.25) is 10.0 Å². The minimum atomic E-state index is -3.34. The summed E-state index contributed by atoms with van der Waals surface area (Å²) in [5, 5.41) is 0. The first kappa shape index (κ1) is 14.5. The van der Waals surface area contributed by atoms with Gasteiger partial charge in [0.25, 0.3) is 0 Å². The molecule has 0 bridgehead atoms. The van der Waals surface area contributed by atoms with E-state index in [0.29, 0.717) is 23.9 Å². The van der Waals surface area contributed by atoms with Crippen LogP contribution in [0.1, 0.15) is 25.3 Å². The second-order valence-corrected chi connectivity index (χ2v) is 7.35. The molecule has 0 saturated carbocycles. The third-order valence-electron chi connectivity index (χ3n) is 3.90. The molecule has 1 heterocycles. The third kappa shape index (κ3) is 3.16. The minimum absolute atomic E-state index is 0.143. The molecule has 0 aromatic heterocycles. The van der Waals surface area contributed by atoms with Gasteiger partial charge in [-0.25, -0.2) is 8.42 Å². The molecule has 106 valence electrons. The van der Waals surface area contributed by atoms with Crippen molar-refractivity contribution in [3.63, 3.8) is 0 Å². The van der Waals surface area contributed by atoms with Gasteiger partial charge >= 0.3 is 0 Å². The van der Waals surface area contributed by atoms with Crippen molar-refractivity contribution in [2.75, 3.05) is 13.1 Å². The second-order valence-electron chi connectivity index (χ2n) is 5.41. The predicted molar refractivity (Wildman–Crippen MR) is 76.3 cm³/mol. The lowest BCUT2D eigenvalue weighted by Crippen LogP contribution is -2.42. The smallest absolute Gasteiger partial charge is 0.243 e. The lowest BCUT2D eigenvalue weighted by molar-refractivity contribution is 0.250. The Morgan fingerprint density at radius 3 is 2.21 bits per heavy atom. The molecule has 1 atom stereocenters. The maximum atomic E-state index is 12.5. The average Bonchev–Trinajstić information content (AvgIpc) is 2.39. The summed E-state index contributed by atoms with van der Waals surface area (Å²) in [6.07, 6.45) is 1.70. The summed E-state index contributed by atoms with van der Waals surface area (Å²) in [6, 6.07) is 7.18. The molecule has 2 N–H and O–H groups in total. The van der Waals surface area contributed by atoms with Gasteiger partial charge in [0.1, 0.15) is 0 Å². The minimum Gasteiger partial charge on any atom is -0.328 e. The van der Waals surface area contributed by atoms with Crippen LogP contribution in [-0.4, -0.2) is 31.9 Å². The maximum Gasteiger partial charge on any atom is 0.243 e. The molecule has 1 unspecified atom stereocenters. The van der Waals surface area contributed by atoms with E-state index in [-0.39, 0.29) is 6.04 Å². The van der Waals surface area contributed by atoms with Crippen molar-refractivity contribution >= 4 is 10.0 Å². The molecule has 1 fully saturated rings. The summed E-state index contributed by atoms with van der Waals surface area (Å²) >= 11 is 0. The number of benzene rings is 1. The topological polar surface area (TPSA) is 63.4 Å². The Hall–Kier alpha value is -0.910. The molecule has 0 amide bonds. The van der Waals surface area contributed by atoms with Crippen molar-refractivity contribution in [2.24, 2.45) is 11.7 Å². The van der Waals surface area contributed by atoms with Crippen molar-refractivity contribution in [1.82, 2.24) is 4.31 Å². The van der Waals surface area contributed by atoms with Crippen molar-refractivity contribution in [1.29, 1.82) is 0 Å². The summed E-state index contributed by atoms with van der Waals surface area (Å²) in [6.45, 7) is 5.09. The molecule has 1 aliphatic heterocycles. The van der Waals surface area contributed by atoms with E-state index >= 15 is 0 Å². The Morgan fingerprint density at radius 1 is 1.21 bits per heavy atom. The molecule has 1 aromatic carbocycles. The highest BCUT2D eigenvalue weighted by Crippen LogP contribution is 2.25. The fourth-order valence-electron chi connectivity index (χ4n) is 2.50. The Balaban J connectivity index is 2.12. The maximum absolute atomic E-state index is 12.5. The molecule has 1 aliphatic rings. The number of rotatable bonds is 3. The number of hydrogen-bond donors (Lipinski definition) is 1. The Morgan fingerprint density at radius 2 is 1.74 bits per heavy atom. The van der Waals surface area contributed by atoms with Gasteiger partial charge in [-0.1, -0.05) is 17.7 Å². The zero-order valence-electron chi connectivity index (χ0n) is 11.5. The zero-order valence-corrected chi connectivity index (χ0v) is 12.4. The first-order chi connectivity index (χ1) is 8.91. The normalized spacial score (nSPS) is 20.4. The fraction of sp³-hybridized carbons (Fsp3) is 0.571. The molecule has 4 nitrogen and oxygen atoms in total. The van der Waals surface area contributed by atoms with Gasteiger partial charge in [-0.15, -0.1) is 0 Å². The van der Waals surface area contributed by atoms with E-state index in [1.165, 1.54) is 0 Å². The Labute approximate surface area is 115 Å². The molecule has 0 spiro atoms. The van der Waals surface area contributed by atoms with E-state index in [9.17, 15) is 8.42 Å². The largest absolute Gasteiger partial charge is 0.328 e. The molecule has 0 radical (unpaired) electrons. The van der Waals surface area contributed by atoms with E-state index in [0.717, 1.165) is 18.4 Å². The second kappa shape index (κ2) is 5.61. The van der Waals surface area contributed by atoms with Gasteiger partial charge < -0.3 is 5.73 Å². The molecule has 1 aromatic rings. The molecule has 1 saturated heterocycles. The lowest BCUT2D eigenvalue weighted by Gasteiger charge is -2.32. The number of nitrogens with zero attached hydrogens (tertiary/aromatic N) is 1. The highest BCUT2D eigenvalue weighted by Gasteiger charge is 2.30. The molecular formula is C14H22N2O2S. The summed E-state index contributed by atoms with van der Waals surface area (Å²) in [5.41, 5.74) is 6.95. The summed E-state index contributed by atoms with van der Waals surface area (Å²) in [7, 11) is -3.34. The molecule has 0 aliphatic carbocycles. The van der Waals surface area contributed by atoms with Crippen LogP contribution in [0.5, 0.6) is 0 Å². The highest BCUT2D eigenvalue weighted by molar-refractivity contribution is 7.89. The zero-order chi connectivity index (χ0) is 14.0. The first-order valence-corrected chi connectivity index (χ1v) is 8.17. The van der Waals surface area contributed by atoms with Crippen LogP contribution in [-0.2, 0) is 10.0 Å². The summed E-state index contributed by atoms with van der Waals surface area (Å²) in [4.78, 5) is 0.386. The number of piperidine rings is 1. The van der Waals surface area contributed by atoms with Gasteiger partial charge in [0.15, 0.2) is 0 Å². The van der Waals surface area contributed by atoms with Crippen LogP contribution in [0.15, 0.2) is 29.2 Å². The van der Waals surface area contributed by atoms with Crippen LogP contribution in [0.3, 0.4) is 0 Å². The van der Waals surface area contributed by atoms with Crippen LogP contribution in [0.2, 0.25) is 0 Å². The van der Waals surface area contributed by atoms with E-state index in [1.807, 2.05) is 26.0 Å². The Kier molecular flexibility index (Phi) is 4.28. The van der Waals surface area contributed by atoms with E-state index in [1.54, 1.807) is 16.4 Å². The van der Waals surface area contributed by atoms with Crippen LogP contribution in [0, 0.1) is 12.8 Å². The van der Waals surface area contributed by atoms with Crippen LogP contribution in [0.25, 0.3) is 0 Å².